The maximum Gasteiger partial charge on any atom is 0.325 e. The predicted octanol–water partition coefficient (Wildman–Crippen LogP) is 3.17. The third kappa shape index (κ3) is 5.42. The van der Waals surface area contributed by atoms with Crippen LogP contribution in [0.1, 0.15) is 32.8 Å². The molecular weight excluding hydrogens is 396 g/mol. The average Bonchev–Trinajstić information content (AvgIpc) is 2.74. The minimum Gasteiger partial charge on any atom is -0.476 e. The highest BCUT2D eigenvalue weighted by atomic mass is 16.5. The fourth-order valence-corrected chi connectivity index (χ4v) is 3.51. The lowest BCUT2D eigenvalue weighted by atomic mass is 10.0. The number of hydrogen-bond donors (Lipinski definition) is 0. The van der Waals surface area contributed by atoms with E-state index in [1.807, 2.05) is 42.5 Å². The Morgan fingerprint density at radius 3 is 2.45 bits per heavy atom. The number of amides is 2. The van der Waals surface area contributed by atoms with Crippen LogP contribution in [-0.2, 0) is 25.7 Å². The van der Waals surface area contributed by atoms with E-state index in [1.54, 1.807) is 37.8 Å². The van der Waals surface area contributed by atoms with Gasteiger partial charge in [-0.2, -0.15) is 0 Å². The topological polar surface area (TPSA) is 76.2 Å². The molecule has 0 atom stereocenters. The monoisotopic (exact) mass is 424 g/mol. The van der Waals surface area contributed by atoms with Gasteiger partial charge in [0.2, 0.25) is 5.91 Å². The third-order valence-corrected chi connectivity index (χ3v) is 5.02. The maximum atomic E-state index is 13.1. The van der Waals surface area contributed by atoms with Gasteiger partial charge >= 0.3 is 5.97 Å². The summed E-state index contributed by atoms with van der Waals surface area (Å²) in [5, 5.41) is 0. The van der Waals surface area contributed by atoms with Crippen molar-refractivity contribution in [3.05, 3.63) is 60.2 Å². The van der Waals surface area contributed by atoms with E-state index in [9.17, 15) is 14.4 Å². The molecule has 0 bridgehead atoms. The molecule has 0 aliphatic carbocycles. The molecule has 3 rings (SSSR count). The summed E-state index contributed by atoms with van der Waals surface area (Å²) in [5.41, 5.74) is 0.528. The molecule has 0 radical (unpaired) electrons. The molecule has 1 aliphatic heterocycles. The number of carbonyl (C=O) groups is 3. The van der Waals surface area contributed by atoms with Crippen LogP contribution in [0.15, 0.2) is 54.6 Å². The number of ether oxygens (including phenoxy) is 2. The highest BCUT2D eigenvalue weighted by Crippen LogP contribution is 2.37. The largest absolute Gasteiger partial charge is 0.476 e. The van der Waals surface area contributed by atoms with E-state index in [0.717, 1.165) is 5.56 Å². The number of fused-ring (bicyclic) bond motifs is 1. The van der Waals surface area contributed by atoms with Crippen LogP contribution in [0.5, 0.6) is 5.75 Å². The van der Waals surface area contributed by atoms with Crippen molar-refractivity contribution in [2.75, 3.05) is 24.6 Å². The van der Waals surface area contributed by atoms with Gasteiger partial charge in [0.1, 0.15) is 12.3 Å². The highest BCUT2D eigenvalue weighted by Gasteiger charge is 2.40. The minimum atomic E-state index is -1.02. The Kier molecular flexibility index (Phi) is 6.95. The number of rotatable bonds is 8. The van der Waals surface area contributed by atoms with Gasteiger partial charge in [0.15, 0.2) is 5.60 Å². The van der Waals surface area contributed by atoms with Crippen molar-refractivity contribution < 1.29 is 23.9 Å². The number of carbonyl (C=O) groups excluding carboxylic acids is 3. The molecule has 0 fully saturated rings. The molecular formula is C24H28N2O5. The van der Waals surface area contributed by atoms with E-state index in [0.29, 0.717) is 11.4 Å². The molecule has 7 heteroatoms. The van der Waals surface area contributed by atoms with Crippen LogP contribution < -0.4 is 9.64 Å². The molecule has 0 N–H and O–H groups in total. The first-order chi connectivity index (χ1) is 14.8. The molecule has 1 aliphatic rings. The van der Waals surface area contributed by atoms with Crippen molar-refractivity contribution >= 4 is 23.5 Å². The first-order valence-corrected chi connectivity index (χ1v) is 10.4. The Bertz CT molecular complexity index is 942. The molecule has 2 aromatic rings. The second-order valence-corrected chi connectivity index (χ2v) is 7.83. The molecule has 0 spiro atoms. The second-order valence-electron chi connectivity index (χ2n) is 7.83. The highest BCUT2D eigenvalue weighted by molar-refractivity contribution is 6.02. The van der Waals surface area contributed by atoms with Crippen LogP contribution in [0.2, 0.25) is 0 Å². The normalized spacial score (nSPS) is 14.4. The summed E-state index contributed by atoms with van der Waals surface area (Å²) in [7, 11) is 0. The van der Waals surface area contributed by atoms with Gasteiger partial charge in [-0.1, -0.05) is 42.5 Å². The molecule has 7 nitrogen and oxygen atoms in total. The molecule has 31 heavy (non-hydrogen) atoms. The quantitative estimate of drug-likeness (QED) is 0.609. The SMILES string of the molecule is CCOC(=O)CN(Cc1ccccc1)C(=O)CCN1C(=O)C(C)(C)Oc2ccccc21. The number of para-hydroxylation sites is 2. The molecule has 2 amide bonds. The van der Waals surface area contributed by atoms with Gasteiger partial charge in [0.05, 0.1) is 12.3 Å². The zero-order chi connectivity index (χ0) is 22.4. The zero-order valence-corrected chi connectivity index (χ0v) is 18.2. The number of benzene rings is 2. The van der Waals surface area contributed by atoms with Crippen molar-refractivity contribution in [1.29, 1.82) is 0 Å². The van der Waals surface area contributed by atoms with Crippen LogP contribution in [0.25, 0.3) is 0 Å². The van der Waals surface area contributed by atoms with Gasteiger partial charge in [-0.3, -0.25) is 14.4 Å². The molecule has 0 aromatic heterocycles. The molecule has 0 saturated carbocycles. The van der Waals surface area contributed by atoms with Gasteiger partial charge in [0.25, 0.3) is 5.91 Å². The molecule has 0 saturated heterocycles. The van der Waals surface area contributed by atoms with E-state index in [1.165, 1.54) is 4.90 Å². The number of anilines is 1. The van der Waals surface area contributed by atoms with Crippen molar-refractivity contribution in [3.8, 4) is 5.75 Å². The van der Waals surface area contributed by atoms with E-state index in [-0.39, 0.29) is 44.5 Å². The van der Waals surface area contributed by atoms with E-state index in [4.69, 9.17) is 9.47 Å². The van der Waals surface area contributed by atoms with E-state index < -0.39 is 11.6 Å². The smallest absolute Gasteiger partial charge is 0.325 e. The maximum absolute atomic E-state index is 13.1. The fraction of sp³-hybridized carbons (Fsp3) is 0.375. The van der Waals surface area contributed by atoms with Crippen molar-refractivity contribution in [2.24, 2.45) is 0 Å². The summed E-state index contributed by atoms with van der Waals surface area (Å²) in [6.07, 6.45) is 0.0718. The summed E-state index contributed by atoms with van der Waals surface area (Å²) < 4.78 is 10.9. The second kappa shape index (κ2) is 9.64. The lowest BCUT2D eigenvalue weighted by molar-refractivity contribution is -0.149. The van der Waals surface area contributed by atoms with E-state index in [2.05, 4.69) is 0 Å². The Morgan fingerprint density at radius 1 is 1.06 bits per heavy atom. The van der Waals surface area contributed by atoms with Crippen LogP contribution >= 0.6 is 0 Å². The standard InChI is InChI=1S/C24H28N2O5/c1-4-30-22(28)17-25(16-18-10-6-5-7-11-18)21(27)14-15-26-19-12-8-9-13-20(19)31-24(2,3)23(26)29/h5-13H,4,14-17H2,1-3H3. The zero-order valence-electron chi connectivity index (χ0n) is 18.2. The first-order valence-electron chi connectivity index (χ1n) is 10.4. The van der Waals surface area contributed by atoms with Gasteiger partial charge in [-0.25, -0.2) is 0 Å². The van der Waals surface area contributed by atoms with Gasteiger partial charge < -0.3 is 19.3 Å². The van der Waals surface area contributed by atoms with Crippen molar-refractivity contribution in [3.63, 3.8) is 0 Å². The number of nitrogens with zero attached hydrogens (tertiary/aromatic N) is 2. The Labute approximate surface area is 182 Å². The molecule has 164 valence electrons. The van der Waals surface area contributed by atoms with Gasteiger partial charge in [-0.05, 0) is 38.5 Å². The molecule has 0 unspecified atom stereocenters. The van der Waals surface area contributed by atoms with Crippen LogP contribution in [0, 0.1) is 0 Å². The Balaban J connectivity index is 1.75. The summed E-state index contributed by atoms with van der Waals surface area (Å²) in [6, 6.07) is 16.7. The summed E-state index contributed by atoms with van der Waals surface area (Å²) >= 11 is 0. The first kappa shape index (κ1) is 22.3. The number of esters is 1. The lowest BCUT2D eigenvalue weighted by Gasteiger charge is -2.38. The van der Waals surface area contributed by atoms with Gasteiger partial charge in [-0.15, -0.1) is 0 Å². The minimum absolute atomic E-state index is 0.0718. The third-order valence-electron chi connectivity index (χ3n) is 5.02. The average molecular weight is 424 g/mol. The predicted molar refractivity (Wildman–Crippen MR) is 117 cm³/mol. The molecule has 1 heterocycles. The van der Waals surface area contributed by atoms with Crippen molar-refractivity contribution in [1.82, 2.24) is 4.90 Å². The van der Waals surface area contributed by atoms with Crippen LogP contribution in [0.3, 0.4) is 0 Å². The molecule has 2 aromatic carbocycles. The summed E-state index contributed by atoms with van der Waals surface area (Å²) in [6.45, 7) is 5.74. The van der Waals surface area contributed by atoms with Crippen LogP contribution in [-0.4, -0.2) is 48.0 Å². The van der Waals surface area contributed by atoms with Crippen molar-refractivity contribution in [2.45, 2.75) is 39.3 Å². The Hall–Kier alpha value is -3.35. The summed E-state index contributed by atoms with van der Waals surface area (Å²) in [5.74, 6) is -0.293. The fourth-order valence-electron chi connectivity index (χ4n) is 3.51. The Morgan fingerprint density at radius 2 is 1.74 bits per heavy atom. The van der Waals surface area contributed by atoms with Gasteiger partial charge in [0, 0.05) is 19.5 Å². The lowest BCUT2D eigenvalue weighted by Crippen LogP contribution is -2.53. The number of hydrogen-bond acceptors (Lipinski definition) is 5. The van der Waals surface area contributed by atoms with Crippen LogP contribution in [0.4, 0.5) is 5.69 Å². The summed E-state index contributed by atoms with van der Waals surface area (Å²) in [4.78, 5) is 41.1. The van der Waals surface area contributed by atoms with E-state index >= 15 is 0 Å².